The minimum Gasteiger partial charge on any atom is -0.444 e. The predicted molar refractivity (Wildman–Crippen MR) is 107 cm³/mol. The fourth-order valence-electron chi connectivity index (χ4n) is 3.28. The molecule has 146 valence electrons. The summed E-state index contributed by atoms with van der Waals surface area (Å²) in [7, 11) is 0. The third-order valence-electron chi connectivity index (χ3n) is 4.63. The largest absolute Gasteiger partial charge is 0.444 e. The van der Waals surface area contributed by atoms with Crippen molar-refractivity contribution in [2.45, 2.75) is 38.8 Å². The van der Waals surface area contributed by atoms with E-state index in [0.717, 1.165) is 28.6 Å². The Morgan fingerprint density at radius 2 is 2.04 bits per heavy atom. The molecule has 4 rings (SSSR count). The number of likely N-dealkylation sites (tertiary alicyclic amines) is 1. The molecule has 1 aliphatic rings. The first-order valence-electron chi connectivity index (χ1n) is 9.23. The van der Waals surface area contributed by atoms with Crippen LogP contribution in [0.1, 0.15) is 33.2 Å². The Labute approximate surface area is 168 Å². The van der Waals surface area contributed by atoms with Crippen LogP contribution in [0.15, 0.2) is 36.8 Å². The number of hydrogen-bond acceptors (Lipinski definition) is 5. The van der Waals surface area contributed by atoms with E-state index >= 15 is 0 Å². The first-order chi connectivity index (χ1) is 13.3. The van der Waals surface area contributed by atoms with Gasteiger partial charge in [0.25, 0.3) is 0 Å². The van der Waals surface area contributed by atoms with Crippen molar-refractivity contribution < 1.29 is 9.53 Å². The highest BCUT2D eigenvalue weighted by atomic mass is 35.5. The lowest BCUT2D eigenvalue weighted by molar-refractivity contribution is 0.0288. The van der Waals surface area contributed by atoms with Gasteiger partial charge >= 0.3 is 6.09 Å². The van der Waals surface area contributed by atoms with Crippen LogP contribution in [-0.2, 0) is 4.74 Å². The van der Waals surface area contributed by atoms with E-state index < -0.39 is 5.60 Å². The minimum atomic E-state index is -0.492. The van der Waals surface area contributed by atoms with E-state index in [4.69, 9.17) is 16.3 Å². The molecule has 1 amide bonds. The smallest absolute Gasteiger partial charge is 0.410 e. The Morgan fingerprint density at radius 1 is 1.21 bits per heavy atom. The van der Waals surface area contributed by atoms with Gasteiger partial charge in [0.2, 0.25) is 0 Å². The van der Waals surface area contributed by atoms with Gasteiger partial charge < -0.3 is 9.64 Å². The topological polar surface area (TPSA) is 73.1 Å². The van der Waals surface area contributed by atoms with E-state index in [1.807, 2.05) is 50.0 Å². The number of hydrogen-bond donors (Lipinski definition) is 0. The van der Waals surface area contributed by atoms with E-state index in [1.165, 1.54) is 0 Å². The van der Waals surface area contributed by atoms with E-state index in [-0.39, 0.29) is 12.1 Å². The van der Waals surface area contributed by atoms with Crippen LogP contribution in [0.25, 0.3) is 22.2 Å². The molecule has 4 heterocycles. The van der Waals surface area contributed by atoms with Crippen LogP contribution in [0.5, 0.6) is 0 Å². The van der Waals surface area contributed by atoms with Crippen LogP contribution in [-0.4, -0.2) is 49.4 Å². The molecule has 0 bridgehead atoms. The molecular weight excluding hydrogens is 378 g/mol. The van der Waals surface area contributed by atoms with Gasteiger partial charge in [-0.1, -0.05) is 11.6 Å². The summed E-state index contributed by atoms with van der Waals surface area (Å²) in [5.41, 5.74) is 2.93. The zero-order valence-electron chi connectivity index (χ0n) is 16.1. The summed E-state index contributed by atoms with van der Waals surface area (Å²) in [5, 5.41) is 4.94. The lowest BCUT2D eigenvalue weighted by Gasteiger charge is -2.24. The summed E-state index contributed by atoms with van der Waals surface area (Å²) in [6.07, 6.45) is 6.17. The molecule has 0 unspecified atom stereocenters. The molecular formula is C20H22ClN5O2. The molecule has 0 aliphatic carbocycles. The minimum absolute atomic E-state index is 0.127. The molecule has 0 radical (unpaired) electrons. The molecule has 1 aliphatic heterocycles. The number of carbonyl (C=O) groups is 1. The monoisotopic (exact) mass is 399 g/mol. The zero-order valence-corrected chi connectivity index (χ0v) is 16.8. The Hall–Kier alpha value is -2.67. The van der Waals surface area contributed by atoms with Gasteiger partial charge in [0.15, 0.2) is 0 Å². The number of amides is 1. The summed E-state index contributed by atoms with van der Waals surface area (Å²) in [5.74, 6) is 0. The van der Waals surface area contributed by atoms with Crippen molar-refractivity contribution in [1.82, 2.24) is 24.6 Å². The van der Waals surface area contributed by atoms with Crippen LogP contribution in [0.4, 0.5) is 4.79 Å². The molecule has 3 aromatic heterocycles. The molecule has 3 aromatic rings. The van der Waals surface area contributed by atoms with Crippen LogP contribution in [0.3, 0.4) is 0 Å². The zero-order chi connectivity index (χ0) is 19.9. The number of fused-ring (bicyclic) bond motifs is 1. The highest BCUT2D eigenvalue weighted by Gasteiger charge is 2.31. The van der Waals surface area contributed by atoms with E-state index in [2.05, 4.69) is 15.1 Å². The lowest BCUT2D eigenvalue weighted by atomic mass is 10.1. The predicted octanol–water partition coefficient (Wildman–Crippen LogP) is 4.33. The molecule has 0 spiro atoms. The maximum absolute atomic E-state index is 12.3. The van der Waals surface area contributed by atoms with Crippen LogP contribution in [0, 0.1) is 0 Å². The number of pyridine rings is 2. The molecule has 8 heteroatoms. The average molecular weight is 400 g/mol. The second-order valence-electron chi connectivity index (χ2n) is 7.97. The van der Waals surface area contributed by atoms with Crippen molar-refractivity contribution in [2.24, 2.45) is 0 Å². The molecule has 1 saturated heterocycles. The first-order valence-corrected chi connectivity index (χ1v) is 9.61. The molecule has 0 saturated carbocycles. The summed E-state index contributed by atoms with van der Waals surface area (Å²) >= 11 is 5.99. The van der Waals surface area contributed by atoms with Crippen molar-refractivity contribution in [3.63, 3.8) is 0 Å². The highest BCUT2D eigenvalue weighted by molar-refractivity contribution is 6.29. The molecule has 0 aromatic carbocycles. The van der Waals surface area contributed by atoms with Crippen molar-refractivity contribution >= 4 is 28.7 Å². The normalized spacial score (nSPS) is 17.3. The standard InChI is InChI=1S/C20H22ClN5O2/c1-20(2,3)28-19(27)25-7-6-15(12-25)26-11-14(10-23-26)13-8-17-16(22-9-13)4-5-18(21)24-17/h4-5,8-11,15H,6-7,12H2,1-3H3/t15-/m1/s1. The Bertz CT molecular complexity index is 1030. The number of aromatic nitrogens is 4. The summed E-state index contributed by atoms with van der Waals surface area (Å²) in [6, 6.07) is 5.66. The molecule has 0 N–H and O–H groups in total. The number of ether oxygens (including phenoxy) is 1. The fourth-order valence-corrected chi connectivity index (χ4v) is 3.43. The number of halogens is 1. The Morgan fingerprint density at radius 3 is 2.82 bits per heavy atom. The van der Waals surface area contributed by atoms with Crippen molar-refractivity contribution in [2.75, 3.05) is 13.1 Å². The van der Waals surface area contributed by atoms with Crippen LogP contribution >= 0.6 is 11.6 Å². The third kappa shape index (κ3) is 3.94. The quantitative estimate of drug-likeness (QED) is 0.599. The summed E-state index contributed by atoms with van der Waals surface area (Å²) < 4.78 is 7.37. The lowest BCUT2D eigenvalue weighted by Crippen LogP contribution is -2.35. The van der Waals surface area contributed by atoms with Gasteiger partial charge in [-0.25, -0.2) is 9.78 Å². The highest BCUT2D eigenvalue weighted by Crippen LogP contribution is 2.27. The second-order valence-corrected chi connectivity index (χ2v) is 8.36. The number of carbonyl (C=O) groups excluding carboxylic acids is 1. The molecule has 7 nitrogen and oxygen atoms in total. The Kier molecular flexibility index (Phi) is 4.71. The first kappa shape index (κ1) is 18.7. The van der Waals surface area contributed by atoms with E-state index in [1.54, 1.807) is 17.2 Å². The maximum atomic E-state index is 12.3. The van der Waals surface area contributed by atoms with Gasteiger partial charge in [-0.05, 0) is 45.4 Å². The Balaban J connectivity index is 1.50. The fraction of sp³-hybridized carbons (Fsp3) is 0.400. The van der Waals surface area contributed by atoms with Crippen molar-refractivity contribution in [1.29, 1.82) is 0 Å². The molecule has 1 atom stereocenters. The third-order valence-corrected chi connectivity index (χ3v) is 4.84. The van der Waals surface area contributed by atoms with E-state index in [0.29, 0.717) is 18.2 Å². The number of nitrogens with zero attached hydrogens (tertiary/aromatic N) is 5. The van der Waals surface area contributed by atoms with Crippen LogP contribution < -0.4 is 0 Å². The molecule has 1 fully saturated rings. The number of rotatable bonds is 2. The van der Waals surface area contributed by atoms with Gasteiger partial charge in [-0.2, -0.15) is 5.10 Å². The van der Waals surface area contributed by atoms with Gasteiger partial charge in [-0.15, -0.1) is 0 Å². The van der Waals surface area contributed by atoms with Gasteiger partial charge in [0, 0.05) is 36.6 Å². The van der Waals surface area contributed by atoms with Crippen molar-refractivity contribution in [3.05, 3.63) is 41.9 Å². The second kappa shape index (κ2) is 7.05. The van der Waals surface area contributed by atoms with Crippen LogP contribution in [0.2, 0.25) is 5.15 Å². The SMILES string of the molecule is CC(C)(C)OC(=O)N1CC[C@@H](n2cc(-c3cnc4ccc(Cl)nc4c3)cn2)C1. The summed E-state index contributed by atoms with van der Waals surface area (Å²) in [4.78, 5) is 22.8. The summed E-state index contributed by atoms with van der Waals surface area (Å²) in [6.45, 7) is 6.87. The maximum Gasteiger partial charge on any atom is 0.410 e. The van der Waals surface area contributed by atoms with Gasteiger partial charge in [0.05, 0.1) is 23.3 Å². The average Bonchev–Trinajstić information content (AvgIpc) is 3.29. The van der Waals surface area contributed by atoms with E-state index in [9.17, 15) is 4.79 Å². The van der Waals surface area contributed by atoms with Gasteiger partial charge in [0.1, 0.15) is 10.8 Å². The van der Waals surface area contributed by atoms with Gasteiger partial charge in [-0.3, -0.25) is 9.67 Å². The molecule has 28 heavy (non-hydrogen) atoms. The van der Waals surface area contributed by atoms with Crippen molar-refractivity contribution in [3.8, 4) is 11.1 Å².